The first kappa shape index (κ1) is 10.6. The SMILES string of the molecule is C1CC2=C(C1)C1CCCCC1C1CCCCC21. The van der Waals surface area contributed by atoms with Gasteiger partial charge in [-0.15, -0.1) is 0 Å². The van der Waals surface area contributed by atoms with E-state index in [9.17, 15) is 0 Å². The van der Waals surface area contributed by atoms with Gasteiger partial charge in [-0.25, -0.2) is 0 Å². The van der Waals surface area contributed by atoms with Crippen molar-refractivity contribution in [1.82, 2.24) is 0 Å². The van der Waals surface area contributed by atoms with Gasteiger partial charge in [0, 0.05) is 0 Å². The van der Waals surface area contributed by atoms with Gasteiger partial charge in [0.15, 0.2) is 0 Å². The Morgan fingerprint density at radius 2 is 1.00 bits per heavy atom. The zero-order valence-corrected chi connectivity index (χ0v) is 11.1. The van der Waals surface area contributed by atoms with Crippen LogP contribution in [-0.2, 0) is 0 Å². The van der Waals surface area contributed by atoms with Crippen molar-refractivity contribution < 1.29 is 0 Å². The standard InChI is InChI=1S/C17H26/c1-3-8-14-12(6-1)13-7-2-4-9-15(13)17-11-5-10-16(14)17/h12-15H,1-11H2. The summed E-state index contributed by atoms with van der Waals surface area (Å²) in [6.07, 6.45) is 16.8. The van der Waals surface area contributed by atoms with Crippen LogP contribution in [0.4, 0.5) is 0 Å². The van der Waals surface area contributed by atoms with Gasteiger partial charge in [0.05, 0.1) is 0 Å². The molecule has 0 amide bonds. The molecule has 4 atom stereocenters. The van der Waals surface area contributed by atoms with E-state index in [0.717, 1.165) is 23.7 Å². The molecule has 0 heterocycles. The lowest BCUT2D eigenvalue weighted by Gasteiger charge is -2.49. The highest BCUT2D eigenvalue weighted by atomic mass is 14.5. The van der Waals surface area contributed by atoms with Crippen molar-refractivity contribution in [2.75, 3.05) is 0 Å². The van der Waals surface area contributed by atoms with Gasteiger partial charge in [0.1, 0.15) is 0 Å². The van der Waals surface area contributed by atoms with Crippen LogP contribution in [0.5, 0.6) is 0 Å². The van der Waals surface area contributed by atoms with Crippen molar-refractivity contribution in [2.24, 2.45) is 23.7 Å². The summed E-state index contributed by atoms with van der Waals surface area (Å²) in [4.78, 5) is 0. The molecule has 0 aromatic carbocycles. The maximum Gasteiger partial charge on any atom is -0.0169 e. The van der Waals surface area contributed by atoms with Crippen LogP contribution in [0.25, 0.3) is 0 Å². The van der Waals surface area contributed by atoms with E-state index in [1.165, 1.54) is 44.9 Å². The molecule has 0 heteroatoms. The second-order valence-electron chi connectivity index (χ2n) is 7.01. The van der Waals surface area contributed by atoms with Gasteiger partial charge in [-0.2, -0.15) is 0 Å². The topological polar surface area (TPSA) is 0 Å². The van der Waals surface area contributed by atoms with Crippen molar-refractivity contribution in [3.63, 3.8) is 0 Å². The Labute approximate surface area is 106 Å². The minimum atomic E-state index is 1.06. The summed E-state index contributed by atoms with van der Waals surface area (Å²) >= 11 is 0. The normalized spacial score (nSPS) is 45.2. The van der Waals surface area contributed by atoms with E-state index in [1.807, 2.05) is 11.1 Å². The van der Waals surface area contributed by atoms with Crippen LogP contribution >= 0.6 is 0 Å². The fourth-order valence-electron chi connectivity index (χ4n) is 5.85. The molecule has 0 saturated heterocycles. The molecule has 2 saturated carbocycles. The molecule has 4 rings (SSSR count). The highest BCUT2D eigenvalue weighted by molar-refractivity contribution is 5.30. The van der Waals surface area contributed by atoms with Gasteiger partial charge in [-0.05, 0) is 68.6 Å². The number of fused-ring (bicyclic) bond motifs is 5. The molecule has 4 aliphatic rings. The van der Waals surface area contributed by atoms with Gasteiger partial charge in [-0.1, -0.05) is 36.8 Å². The summed E-state index contributed by atoms with van der Waals surface area (Å²) in [5, 5.41) is 0. The Bertz CT molecular complexity index is 306. The molecule has 0 bridgehead atoms. The maximum absolute atomic E-state index is 2.00. The Morgan fingerprint density at radius 1 is 0.529 bits per heavy atom. The lowest BCUT2D eigenvalue weighted by molar-refractivity contribution is 0.0928. The van der Waals surface area contributed by atoms with Gasteiger partial charge in [-0.3, -0.25) is 0 Å². The first-order chi connectivity index (χ1) is 8.45. The number of rotatable bonds is 0. The summed E-state index contributed by atoms with van der Waals surface area (Å²) in [5.41, 5.74) is 4.00. The zero-order chi connectivity index (χ0) is 11.2. The molecule has 0 aromatic heterocycles. The number of hydrogen-bond donors (Lipinski definition) is 0. The lowest BCUT2D eigenvalue weighted by Crippen LogP contribution is -2.39. The predicted molar refractivity (Wildman–Crippen MR) is 71.8 cm³/mol. The van der Waals surface area contributed by atoms with E-state index in [4.69, 9.17) is 0 Å². The van der Waals surface area contributed by atoms with Gasteiger partial charge in [0.2, 0.25) is 0 Å². The van der Waals surface area contributed by atoms with Crippen LogP contribution in [0.2, 0.25) is 0 Å². The van der Waals surface area contributed by atoms with E-state index in [-0.39, 0.29) is 0 Å². The van der Waals surface area contributed by atoms with E-state index < -0.39 is 0 Å². The first-order valence-electron chi connectivity index (χ1n) is 8.17. The molecule has 4 aliphatic carbocycles. The summed E-state index contributed by atoms with van der Waals surface area (Å²) in [6.45, 7) is 0. The first-order valence-corrected chi connectivity index (χ1v) is 8.17. The maximum atomic E-state index is 2.00. The van der Waals surface area contributed by atoms with Crippen LogP contribution in [0.3, 0.4) is 0 Å². The van der Waals surface area contributed by atoms with Crippen molar-refractivity contribution in [3.8, 4) is 0 Å². The van der Waals surface area contributed by atoms with Crippen LogP contribution in [-0.4, -0.2) is 0 Å². The number of allylic oxidation sites excluding steroid dienone is 2. The van der Waals surface area contributed by atoms with Crippen LogP contribution in [0.1, 0.15) is 70.6 Å². The fraction of sp³-hybridized carbons (Fsp3) is 0.882. The number of hydrogen-bond acceptors (Lipinski definition) is 0. The van der Waals surface area contributed by atoms with Gasteiger partial charge in [0.25, 0.3) is 0 Å². The zero-order valence-electron chi connectivity index (χ0n) is 11.1. The largest absolute Gasteiger partial charge is 0.0673 e. The molecular weight excluding hydrogens is 204 g/mol. The summed E-state index contributed by atoms with van der Waals surface area (Å²) in [5.74, 6) is 4.35. The Balaban J connectivity index is 1.74. The third-order valence-electron chi connectivity index (χ3n) is 6.39. The van der Waals surface area contributed by atoms with Crippen molar-refractivity contribution in [3.05, 3.63) is 11.1 Å². The molecule has 2 fully saturated rings. The molecule has 4 unspecified atom stereocenters. The Hall–Kier alpha value is -0.260. The van der Waals surface area contributed by atoms with Gasteiger partial charge < -0.3 is 0 Å². The minimum absolute atomic E-state index is 1.06. The van der Waals surface area contributed by atoms with E-state index in [0.29, 0.717) is 0 Å². The van der Waals surface area contributed by atoms with Crippen molar-refractivity contribution in [2.45, 2.75) is 70.6 Å². The molecule has 0 aliphatic heterocycles. The van der Waals surface area contributed by atoms with E-state index in [1.54, 1.807) is 25.7 Å². The molecule has 0 N–H and O–H groups in total. The second kappa shape index (κ2) is 4.14. The third-order valence-corrected chi connectivity index (χ3v) is 6.39. The predicted octanol–water partition coefficient (Wildman–Crippen LogP) is 5.09. The quantitative estimate of drug-likeness (QED) is 0.508. The summed E-state index contributed by atoms with van der Waals surface area (Å²) < 4.78 is 0. The lowest BCUT2D eigenvalue weighted by atomic mass is 9.56. The molecule has 17 heavy (non-hydrogen) atoms. The van der Waals surface area contributed by atoms with Crippen molar-refractivity contribution >= 4 is 0 Å². The highest BCUT2D eigenvalue weighted by Crippen LogP contribution is 2.57. The van der Waals surface area contributed by atoms with Gasteiger partial charge >= 0.3 is 0 Å². The van der Waals surface area contributed by atoms with Crippen molar-refractivity contribution in [1.29, 1.82) is 0 Å². The molecule has 0 nitrogen and oxygen atoms in total. The molecule has 0 aromatic rings. The minimum Gasteiger partial charge on any atom is -0.0673 e. The Morgan fingerprint density at radius 3 is 1.53 bits per heavy atom. The van der Waals surface area contributed by atoms with Crippen LogP contribution < -0.4 is 0 Å². The Kier molecular flexibility index (Phi) is 2.59. The summed E-state index contributed by atoms with van der Waals surface area (Å²) in [6, 6.07) is 0. The van der Waals surface area contributed by atoms with Crippen LogP contribution in [0.15, 0.2) is 11.1 Å². The fourth-order valence-corrected chi connectivity index (χ4v) is 5.85. The van der Waals surface area contributed by atoms with E-state index in [2.05, 4.69) is 0 Å². The molecule has 94 valence electrons. The second-order valence-corrected chi connectivity index (χ2v) is 7.01. The molecule has 0 radical (unpaired) electrons. The average Bonchev–Trinajstić information content (AvgIpc) is 2.89. The molecule has 0 spiro atoms. The smallest absolute Gasteiger partial charge is 0.0169 e. The average molecular weight is 230 g/mol. The third kappa shape index (κ3) is 1.55. The highest BCUT2D eigenvalue weighted by Gasteiger charge is 2.45. The summed E-state index contributed by atoms with van der Waals surface area (Å²) in [7, 11) is 0. The van der Waals surface area contributed by atoms with Crippen LogP contribution in [0, 0.1) is 23.7 Å². The van der Waals surface area contributed by atoms with E-state index >= 15 is 0 Å². The molecular formula is C17H26. The monoisotopic (exact) mass is 230 g/mol.